The van der Waals surface area contributed by atoms with Crippen LogP contribution in [-0.2, 0) is 0 Å². The molecule has 0 fully saturated rings. The van der Waals surface area contributed by atoms with E-state index in [9.17, 15) is 22.1 Å². The molecule has 0 bridgehead atoms. The topological polar surface area (TPSA) is 34.3 Å². The normalized spacial score (nSPS) is 11.8. The van der Waals surface area contributed by atoms with E-state index in [0.29, 0.717) is 6.42 Å². The summed E-state index contributed by atoms with van der Waals surface area (Å²) in [7, 11) is -6.00. The summed E-state index contributed by atoms with van der Waals surface area (Å²) in [4.78, 5) is 12.3. The molecule has 4 aromatic rings. The van der Waals surface area contributed by atoms with Crippen molar-refractivity contribution in [2.45, 2.75) is 26.2 Å². The predicted molar refractivity (Wildman–Crippen MR) is 116 cm³/mol. The highest BCUT2D eigenvalue weighted by molar-refractivity contribution is 6.50. The van der Waals surface area contributed by atoms with Crippen molar-refractivity contribution in [1.29, 1.82) is 0 Å². The van der Waals surface area contributed by atoms with Gasteiger partial charge in [-0.25, -0.2) is 0 Å². The maximum absolute atomic E-state index is 12.3. The number of Topliss-reactive ketones (excluding diaryl/α,β-unsaturated/α-hetero) is 1. The number of unbranched alkanes of at least 4 members (excludes halogenated alkanes) is 1. The van der Waals surface area contributed by atoms with Crippen LogP contribution in [0.2, 0.25) is 0 Å². The lowest BCUT2D eigenvalue weighted by atomic mass is 10.00. The monoisotopic (exact) mass is 441 g/mol. The van der Waals surface area contributed by atoms with Crippen molar-refractivity contribution >= 4 is 18.8 Å². The number of halogens is 4. The van der Waals surface area contributed by atoms with Gasteiger partial charge in [0, 0.05) is 23.6 Å². The van der Waals surface area contributed by atoms with Crippen LogP contribution in [0.1, 0.15) is 36.5 Å². The van der Waals surface area contributed by atoms with Gasteiger partial charge in [-0.05, 0) is 24.6 Å². The number of hydrogen-bond acceptors (Lipinski definition) is 2. The lowest BCUT2D eigenvalue weighted by Gasteiger charge is -2.02. The Morgan fingerprint density at radius 3 is 2.22 bits per heavy atom. The molecule has 1 aliphatic heterocycles. The molecule has 2 aromatic heterocycles. The smallest absolute Gasteiger partial charge is 0.418 e. The van der Waals surface area contributed by atoms with Gasteiger partial charge in [-0.3, -0.25) is 4.79 Å². The van der Waals surface area contributed by atoms with Crippen LogP contribution in [0.15, 0.2) is 71.1 Å². The van der Waals surface area contributed by atoms with Crippen LogP contribution in [0.3, 0.4) is 0 Å². The third kappa shape index (κ3) is 4.30. The Labute approximate surface area is 182 Å². The zero-order chi connectivity index (χ0) is 22.9. The number of hydrogen-bond donors (Lipinski definition) is 0. The first-order chi connectivity index (χ1) is 15.3. The highest BCUT2D eigenvalue weighted by atomic mass is 19.5. The molecule has 3 heterocycles. The molecule has 5 rings (SSSR count). The number of nitrogens with zero attached hydrogens (tertiary/aromatic N) is 1. The Bertz CT molecular complexity index is 1270. The van der Waals surface area contributed by atoms with Crippen LogP contribution in [0.5, 0.6) is 0 Å². The fourth-order valence-corrected chi connectivity index (χ4v) is 3.90. The van der Waals surface area contributed by atoms with Gasteiger partial charge in [0.15, 0.2) is 5.78 Å². The molecule has 1 aliphatic rings. The summed E-state index contributed by atoms with van der Waals surface area (Å²) in [6.45, 7) is 2.10. The summed E-state index contributed by atoms with van der Waals surface area (Å²) >= 11 is 0. The summed E-state index contributed by atoms with van der Waals surface area (Å²) in [6.07, 6.45) is 2.58. The Hall–Kier alpha value is -3.42. The maximum atomic E-state index is 12.3. The van der Waals surface area contributed by atoms with E-state index in [4.69, 9.17) is 4.42 Å². The van der Waals surface area contributed by atoms with Crippen LogP contribution >= 0.6 is 0 Å². The van der Waals surface area contributed by atoms with Gasteiger partial charge in [-0.1, -0.05) is 49.7 Å². The molecule has 0 atom stereocenters. The number of pyridine rings is 1. The van der Waals surface area contributed by atoms with Crippen LogP contribution < -0.4 is 4.40 Å². The SMILES string of the molecule is CCCCC(=O)c1ccc(-c2oc3cccc4[n+]3c2-c2ccccc2-4)cc1.F[B-](F)(F)F. The van der Waals surface area contributed by atoms with Gasteiger partial charge in [0.1, 0.15) is 0 Å². The summed E-state index contributed by atoms with van der Waals surface area (Å²) in [5.41, 5.74) is 7.23. The molecular weight excluding hydrogens is 421 g/mol. The standard InChI is InChI=1S/C24H20NO2.BF4/c1-2-3-10-21(26)16-12-14-17(15-13-16)24-23-19-8-5-4-7-18(19)20-9-6-11-22(27-24)25(20)23;2-1(3,4)5/h4-9,11-15H,2-3,10H2,1H3;/q+1;-1. The summed E-state index contributed by atoms with van der Waals surface area (Å²) < 4.78 is 47.4. The second-order valence-corrected chi connectivity index (χ2v) is 7.51. The fourth-order valence-electron chi connectivity index (χ4n) is 3.90. The minimum absolute atomic E-state index is 0.208. The van der Waals surface area contributed by atoms with Gasteiger partial charge in [0.25, 0.3) is 5.69 Å². The molecule has 0 aliphatic carbocycles. The number of fused-ring (bicyclic) bond motifs is 3. The van der Waals surface area contributed by atoms with Crippen LogP contribution in [0.4, 0.5) is 17.3 Å². The van der Waals surface area contributed by atoms with Gasteiger partial charge < -0.3 is 21.7 Å². The molecule has 0 N–H and O–H groups in total. The zero-order valence-corrected chi connectivity index (χ0v) is 17.3. The number of oxazole rings is 1. The number of carbonyl (C=O) groups excluding carboxylic acids is 1. The molecular formula is C24H20BF4NO2. The van der Waals surface area contributed by atoms with E-state index in [1.165, 1.54) is 11.1 Å². The third-order valence-corrected chi connectivity index (χ3v) is 5.28. The zero-order valence-electron chi connectivity index (χ0n) is 17.3. The summed E-state index contributed by atoms with van der Waals surface area (Å²) in [5.74, 6) is 1.06. The van der Waals surface area contributed by atoms with Crippen molar-refractivity contribution in [1.82, 2.24) is 0 Å². The predicted octanol–water partition coefficient (Wildman–Crippen LogP) is 7.01. The van der Waals surface area contributed by atoms with E-state index < -0.39 is 7.25 Å². The molecule has 164 valence electrons. The highest BCUT2D eigenvalue weighted by Crippen LogP contribution is 2.41. The number of benzene rings is 2. The van der Waals surface area contributed by atoms with Gasteiger partial charge in [0.05, 0.1) is 17.2 Å². The first-order valence-corrected chi connectivity index (χ1v) is 10.4. The fraction of sp³-hybridized carbons (Fsp3) is 0.167. The van der Waals surface area contributed by atoms with E-state index in [1.807, 2.05) is 36.4 Å². The molecule has 3 nitrogen and oxygen atoms in total. The molecule has 8 heteroatoms. The van der Waals surface area contributed by atoms with Crippen LogP contribution in [0.25, 0.3) is 39.6 Å². The molecule has 0 spiro atoms. The largest absolute Gasteiger partial charge is 0.673 e. The number of carbonyl (C=O) groups is 1. The second-order valence-electron chi connectivity index (χ2n) is 7.51. The second kappa shape index (κ2) is 8.61. The van der Waals surface area contributed by atoms with E-state index in [-0.39, 0.29) is 5.78 Å². The Morgan fingerprint density at radius 2 is 1.56 bits per heavy atom. The van der Waals surface area contributed by atoms with Gasteiger partial charge in [-0.2, -0.15) is 0 Å². The minimum Gasteiger partial charge on any atom is -0.418 e. The molecule has 0 saturated carbocycles. The Morgan fingerprint density at radius 1 is 0.906 bits per heavy atom. The Kier molecular flexibility index (Phi) is 5.87. The third-order valence-electron chi connectivity index (χ3n) is 5.28. The van der Waals surface area contributed by atoms with Crippen molar-refractivity contribution in [2.24, 2.45) is 0 Å². The first kappa shape index (κ1) is 21.8. The lowest BCUT2D eigenvalue weighted by Crippen LogP contribution is -2.20. The van der Waals surface area contributed by atoms with E-state index in [1.54, 1.807) is 0 Å². The minimum atomic E-state index is -6.00. The molecule has 0 saturated heterocycles. The summed E-state index contributed by atoms with van der Waals surface area (Å²) in [6, 6.07) is 22.4. The quantitative estimate of drug-likeness (QED) is 0.127. The van der Waals surface area contributed by atoms with E-state index >= 15 is 0 Å². The average molecular weight is 441 g/mol. The molecule has 0 unspecified atom stereocenters. The lowest BCUT2D eigenvalue weighted by molar-refractivity contribution is -0.485. The van der Waals surface area contributed by atoms with Crippen molar-refractivity contribution < 1.29 is 30.9 Å². The Balaban J connectivity index is 0.000000444. The molecule has 32 heavy (non-hydrogen) atoms. The van der Waals surface area contributed by atoms with Gasteiger partial charge in [0.2, 0.25) is 11.5 Å². The van der Waals surface area contributed by atoms with Crippen LogP contribution in [0, 0.1) is 0 Å². The molecule has 2 aromatic carbocycles. The van der Waals surface area contributed by atoms with Crippen molar-refractivity contribution in [2.75, 3.05) is 0 Å². The number of rotatable bonds is 5. The van der Waals surface area contributed by atoms with Crippen LogP contribution in [-0.4, -0.2) is 13.0 Å². The number of aromatic nitrogens is 1. The van der Waals surface area contributed by atoms with Gasteiger partial charge >= 0.3 is 13.0 Å². The average Bonchev–Trinajstić information content (AvgIpc) is 3.31. The molecule has 0 radical (unpaired) electrons. The highest BCUT2D eigenvalue weighted by Gasteiger charge is 2.37. The van der Waals surface area contributed by atoms with Crippen molar-refractivity contribution in [3.05, 3.63) is 72.3 Å². The van der Waals surface area contributed by atoms with E-state index in [2.05, 4.69) is 41.7 Å². The van der Waals surface area contributed by atoms with Crippen molar-refractivity contribution in [3.63, 3.8) is 0 Å². The first-order valence-electron chi connectivity index (χ1n) is 10.4. The maximum Gasteiger partial charge on any atom is 0.673 e. The van der Waals surface area contributed by atoms with Gasteiger partial charge in [-0.15, -0.1) is 4.40 Å². The summed E-state index contributed by atoms with van der Waals surface area (Å²) in [5, 5.41) is 0. The number of ketones is 1. The molecule has 0 amide bonds. The van der Waals surface area contributed by atoms with Crippen molar-refractivity contribution in [3.8, 4) is 33.8 Å². The van der Waals surface area contributed by atoms with E-state index in [0.717, 1.165) is 46.8 Å².